The Balaban J connectivity index is 1.65. The molecule has 0 spiro atoms. The van der Waals surface area contributed by atoms with Gasteiger partial charge >= 0.3 is 0 Å². The molecular weight excluding hydrogens is 232 g/mol. The Morgan fingerprint density at radius 2 is 2.06 bits per heavy atom. The molecule has 0 saturated carbocycles. The molecule has 102 valence electrons. The number of ether oxygens (including phenoxy) is 2. The Morgan fingerprint density at radius 1 is 1.33 bits per heavy atom. The van der Waals surface area contributed by atoms with E-state index in [-0.39, 0.29) is 24.0 Å². The fourth-order valence-corrected chi connectivity index (χ4v) is 3.07. The smallest absolute Gasteiger partial charge is 0.221 e. The number of hydrogen-bond acceptors (Lipinski definition) is 4. The highest BCUT2D eigenvalue weighted by Gasteiger charge is 2.54. The molecule has 3 rings (SSSR count). The van der Waals surface area contributed by atoms with Gasteiger partial charge in [-0.2, -0.15) is 0 Å². The topological polar surface area (TPSA) is 54.1 Å². The summed E-state index contributed by atoms with van der Waals surface area (Å²) in [7, 11) is 0. The van der Waals surface area contributed by atoms with E-state index in [1.165, 1.54) is 0 Å². The van der Waals surface area contributed by atoms with E-state index >= 15 is 0 Å². The molecule has 18 heavy (non-hydrogen) atoms. The molecular formula is C13H22N2O3. The van der Waals surface area contributed by atoms with Crippen LogP contribution in [-0.2, 0) is 14.3 Å². The molecule has 4 atom stereocenters. The zero-order valence-electron chi connectivity index (χ0n) is 11.3. The van der Waals surface area contributed by atoms with Crippen molar-refractivity contribution in [3.63, 3.8) is 0 Å². The largest absolute Gasteiger partial charge is 0.354 e. The predicted octanol–water partition coefficient (Wildman–Crippen LogP) is 0.837. The van der Waals surface area contributed by atoms with Crippen LogP contribution >= 0.6 is 0 Å². The minimum Gasteiger partial charge on any atom is -0.354 e. The van der Waals surface area contributed by atoms with E-state index in [0.717, 1.165) is 19.4 Å². The van der Waals surface area contributed by atoms with Crippen LogP contribution in [0.5, 0.6) is 0 Å². The average Bonchev–Trinajstić information content (AvgIpc) is 2.85. The molecule has 0 aromatic carbocycles. The summed E-state index contributed by atoms with van der Waals surface area (Å²) in [5.41, 5.74) is -0.182. The number of nitrogens with one attached hydrogen (secondary N) is 1. The summed E-state index contributed by atoms with van der Waals surface area (Å²) in [5.74, 6) is 0.168. The Labute approximate surface area is 108 Å². The number of nitrogens with zero attached hydrogens (tertiary/aromatic N) is 1. The lowest BCUT2D eigenvalue weighted by Crippen LogP contribution is -2.41. The van der Waals surface area contributed by atoms with Crippen LogP contribution < -0.4 is 5.32 Å². The summed E-state index contributed by atoms with van der Waals surface area (Å²) in [6, 6.07) is 0.746. The normalized spacial score (nSPS) is 40.5. The third kappa shape index (κ3) is 2.39. The van der Waals surface area contributed by atoms with Gasteiger partial charge in [0, 0.05) is 25.0 Å². The van der Waals surface area contributed by atoms with E-state index in [1.54, 1.807) is 0 Å². The van der Waals surface area contributed by atoms with Gasteiger partial charge in [-0.1, -0.05) is 0 Å². The molecule has 2 bridgehead atoms. The summed E-state index contributed by atoms with van der Waals surface area (Å²) in [5, 5.41) is 2.97. The SMILES string of the molecule is CC(C)(C)OC1OC1N1C2CCC1CC(=O)NC2. The predicted molar refractivity (Wildman–Crippen MR) is 65.8 cm³/mol. The monoisotopic (exact) mass is 254 g/mol. The first-order chi connectivity index (χ1) is 8.44. The molecule has 4 unspecified atom stereocenters. The van der Waals surface area contributed by atoms with Crippen LogP contribution in [0.3, 0.4) is 0 Å². The maximum Gasteiger partial charge on any atom is 0.221 e. The lowest BCUT2D eigenvalue weighted by molar-refractivity contribution is -0.121. The van der Waals surface area contributed by atoms with Crippen LogP contribution in [0.25, 0.3) is 0 Å². The Bertz CT molecular complexity index is 353. The molecule has 5 nitrogen and oxygen atoms in total. The van der Waals surface area contributed by atoms with Crippen molar-refractivity contribution in [3.05, 3.63) is 0 Å². The molecule has 3 aliphatic rings. The fraction of sp³-hybridized carbons (Fsp3) is 0.923. The van der Waals surface area contributed by atoms with Gasteiger partial charge in [0.2, 0.25) is 5.91 Å². The molecule has 3 aliphatic heterocycles. The summed E-state index contributed by atoms with van der Waals surface area (Å²) >= 11 is 0. The molecule has 0 aromatic heterocycles. The Kier molecular flexibility index (Phi) is 2.88. The molecule has 0 aliphatic carbocycles. The van der Waals surface area contributed by atoms with Crippen molar-refractivity contribution in [2.75, 3.05) is 6.54 Å². The van der Waals surface area contributed by atoms with E-state index < -0.39 is 0 Å². The fourth-order valence-electron chi connectivity index (χ4n) is 3.07. The van der Waals surface area contributed by atoms with E-state index in [0.29, 0.717) is 18.5 Å². The van der Waals surface area contributed by atoms with Gasteiger partial charge in [-0.25, -0.2) is 0 Å². The van der Waals surface area contributed by atoms with Gasteiger partial charge in [0.05, 0.1) is 5.60 Å². The number of carbonyl (C=O) groups excluding carboxylic acids is 1. The first kappa shape index (κ1) is 12.4. The van der Waals surface area contributed by atoms with E-state index in [1.807, 2.05) is 20.8 Å². The molecule has 3 saturated heterocycles. The van der Waals surface area contributed by atoms with Crippen molar-refractivity contribution in [2.24, 2.45) is 0 Å². The summed E-state index contributed by atoms with van der Waals surface area (Å²) in [4.78, 5) is 13.9. The van der Waals surface area contributed by atoms with Crippen LogP contribution in [0.1, 0.15) is 40.0 Å². The van der Waals surface area contributed by atoms with Gasteiger partial charge in [-0.05, 0) is 33.6 Å². The first-order valence-electron chi connectivity index (χ1n) is 6.81. The minimum absolute atomic E-state index is 0.0504. The quantitative estimate of drug-likeness (QED) is 0.742. The third-order valence-corrected chi connectivity index (χ3v) is 3.83. The minimum atomic E-state index is -0.182. The number of fused-ring (bicyclic) bond motifs is 2. The Hall–Kier alpha value is -0.650. The maximum absolute atomic E-state index is 11.6. The highest BCUT2D eigenvalue weighted by molar-refractivity contribution is 5.77. The zero-order valence-corrected chi connectivity index (χ0v) is 11.3. The molecule has 1 N–H and O–H groups in total. The third-order valence-electron chi connectivity index (χ3n) is 3.83. The molecule has 0 aromatic rings. The van der Waals surface area contributed by atoms with Gasteiger partial charge in [0.1, 0.15) is 0 Å². The molecule has 1 amide bonds. The van der Waals surface area contributed by atoms with Gasteiger partial charge in [0.15, 0.2) is 12.5 Å². The molecule has 5 heteroatoms. The van der Waals surface area contributed by atoms with Crippen LogP contribution in [0.2, 0.25) is 0 Å². The van der Waals surface area contributed by atoms with Crippen molar-refractivity contribution in [2.45, 2.75) is 70.2 Å². The molecule has 3 heterocycles. The lowest BCUT2D eigenvalue weighted by atomic mass is 10.1. The number of epoxide rings is 1. The summed E-state index contributed by atoms with van der Waals surface area (Å²) in [6.07, 6.45) is 2.77. The number of hydrogen-bond donors (Lipinski definition) is 1. The van der Waals surface area contributed by atoms with E-state index in [2.05, 4.69) is 10.2 Å². The number of amides is 1. The Morgan fingerprint density at radius 3 is 2.78 bits per heavy atom. The summed E-state index contributed by atoms with van der Waals surface area (Å²) in [6.45, 7) is 6.85. The zero-order chi connectivity index (χ0) is 12.9. The maximum atomic E-state index is 11.6. The van der Waals surface area contributed by atoms with Crippen molar-refractivity contribution < 1.29 is 14.3 Å². The van der Waals surface area contributed by atoms with E-state index in [4.69, 9.17) is 9.47 Å². The van der Waals surface area contributed by atoms with Gasteiger partial charge in [-0.15, -0.1) is 0 Å². The van der Waals surface area contributed by atoms with Crippen LogP contribution in [0.4, 0.5) is 0 Å². The van der Waals surface area contributed by atoms with E-state index in [9.17, 15) is 4.79 Å². The van der Waals surface area contributed by atoms with Crippen LogP contribution in [0.15, 0.2) is 0 Å². The van der Waals surface area contributed by atoms with Gasteiger partial charge in [-0.3, -0.25) is 9.69 Å². The second-order valence-corrected chi connectivity index (χ2v) is 6.47. The average molecular weight is 254 g/mol. The van der Waals surface area contributed by atoms with Gasteiger partial charge in [0.25, 0.3) is 0 Å². The van der Waals surface area contributed by atoms with Crippen LogP contribution in [0, 0.1) is 0 Å². The second kappa shape index (κ2) is 4.18. The highest BCUT2D eigenvalue weighted by atomic mass is 16.8. The van der Waals surface area contributed by atoms with Crippen molar-refractivity contribution in [1.82, 2.24) is 10.2 Å². The van der Waals surface area contributed by atoms with Crippen molar-refractivity contribution >= 4 is 5.91 Å². The highest BCUT2D eigenvalue weighted by Crippen LogP contribution is 2.39. The standard InChI is InChI=1S/C13H22N2O3/c1-13(2,3)18-12-11(17-12)15-8-4-5-9(15)7-14-10(16)6-8/h8-9,11-12H,4-7H2,1-3H3,(H,14,16). The number of carbonyl (C=O) groups is 1. The van der Waals surface area contributed by atoms with Crippen molar-refractivity contribution in [3.8, 4) is 0 Å². The lowest BCUT2D eigenvalue weighted by Gasteiger charge is -2.25. The second-order valence-electron chi connectivity index (χ2n) is 6.47. The molecule has 3 fully saturated rings. The summed E-state index contributed by atoms with van der Waals surface area (Å²) < 4.78 is 11.5. The van der Waals surface area contributed by atoms with Crippen LogP contribution in [-0.4, -0.2) is 47.6 Å². The number of rotatable bonds is 2. The molecule has 0 radical (unpaired) electrons. The van der Waals surface area contributed by atoms with Crippen molar-refractivity contribution in [1.29, 1.82) is 0 Å². The van der Waals surface area contributed by atoms with Gasteiger partial charge < -0.3 is 14.8 Å². The first-order valence-corrected chi connectivity index (χ1v) is 6.81.